The summed E-state index contributed by atoms with van der Waals surface area (Å²) in [7, 11) is 1.68. The maximum Gasteiger partial charge on any atom is 0.327 e. The number of benzene rings is 1. The predicted molar refractivity (Wildman–Crippen MR) is 115 cm³/mol. The predicted octanol–water partition coefficient (Wildman–Crippen LogP) is 2.72. The summed E-state index contributed by atoms with van der Waals surface area (Å²) in [6.07, 6.45) is 4.72. The van der Waals surface area contributed by atoms with Gasteiger partial charge in [-0.05, 0) is 56.8 Å². The van der Waals surface area contributed by atoms with Crippen LogP contribution < -0.4 is 4.74 Å². The first-order valence-corrected chi connectivity index (χ1v) is 11.1. The average Bonchev–Trinajstić information content (AvgIpc) is 3.45. The molecule has 0 bridgehead atoms. The third-order valence-electron chi connectivity index (χ3n) is 7.26. The molecular formula is C23H29N5O3. The fourth-order valence-electron chi connectivity index (χ4n) is 5.50. The summed E-state index contributed by atoms with van der Waals surface area (Å²) in [5.41, 5.74) is 3.24. The molecule has 3 aliphatic heterocycles. The van der Waals surface area contributed by atoms with Crippen molar-refractivity contribution in [3.05, 3.63) is 36.0 Å². The number of imide groups is 1. The Morgan fingerprint density at radius 3 is 2.71 bits per heavy atom. The monoisotopic (exact) mass is 423 g/mol. The number of amides is 3. The molecule has 3 saturated heterocycles. The molecule has 5 rings (SSSR count). The number of ether oxygens (including phenoxy) is 1. The fraction of sp³-hybridized carbons (Fsp3) is 0.522. The van der Waals surface area contributed by atoms with E-state index in [1.165, 1.54) is 4.90 Å². The Hall–Kier alpha value is -2.87. The summed E-state index contributed by atoms with van der Waals surface area (Å²) in [6.45, 7) is 5.76. The minimum absolute atomic E-state index is 0.00773. The van der Waals surface area contributed by atoms with Crippen LogP contribution in [0.2, 0.25) is 0 Å². The molecule has 1 aromatic heterocycles. The van der Waals surface area contributed by atoms with E-state index in [1.54, 1.807) is 7.11 Å². The van der Waals surface area contributed by atoms with E-state index in [-0.39, 0.29) is 23.4 Å². The molecule has 164 valence electrons. The Bertz CT molecular complexity index is 969. The third-order valence-corrected chi connectivity index (χ3v) is 7.26. The number of nitrogens with zero attached hydrogens (tertiary/aromatic N) is 4. The molecule has 1 aromatic carbocycles. The molecule has 8 heteroatoms. The molecule has 0 radical (unpaired) electrons. The number of aromatic amines is 1. The van der Waals surface area contributed by atoms with Gasteiger partial charge in [0.05, 0.1) is 19.0 Å². The standard InChI is InChI=1S/C23H29N5O3/c1-3-27-21(29)18-12-23(15-28(18)22(27)30)8-10-26(11-9-23)14-16-13-24-25-20(16)17-6-4-5-7-19(17)31-2/h4-7,13,18H,3,8-12,14-15H2,1-2H3,(H,24,25). The van der Waals surface area contributed by atoms with Crippen LogP contribution in [0.1, 0.15) is 31.7 Å². The van der Waals surface area contributed by atoms with E-state index < -0.39 is 0 Å². The van der Waals surface area contributed by atoms with E-state index in [4.69, 9.17) is 4.74 Å². The van der Waals surface area contributed by atoms with Crippen LogP contribution >= 0.6 is 0 Å². The number of likely N-dealkylation sites (N-methyl/N-ethyl adjacent to an activating group) is 1. The maximum absolute atomic E-state index is 12.6. The molecule has 0 saturated carbocycles. The third kappa shape index (κ3) is 3.29. The first-order chi connectivity index (χ1) is 15.0. The number of hydrogen-bond donors (Lipinski definition) is 1. The van der Waals surface area contributed by atoms with Crippen molar-refractivity contribution < 1.29 is 14.3 Å². The highest BCUT2D eigenvalue weighted by atomic mass is 16.5. The van der Waals surface area contributed by atoms with Crippen molar-refractivity contribution in [2.45, 2.75) is 38.8 Å². The van der Waals surface area contributed by atoms with Gasteiger partial charge < -0.3 is 9.64 Å². The molecule has 1 N–H and O–H groups in total. The molecular weight excluding hydrogens is 394 g/mol. The van der Waals surface area contributed by atoms with Crippen molar-refractivity contribution >= 4 is 11.9 Å². The Morgan fingerprint density at radius 2 is 2.00 bits per heavy atom. The number of carbonyl (C=O) groups excluding carboxylic acids is 2. The molecule has 3 aliphatic rings. The van der Waals surface area contributed by atoms with Crippen LogP contribution in [0, 0.1) is 5.41 Å². The Morgan fingerprint density at radius 1 is 1.23 bits per heavy atom. The van der Waals surface area contributed by atoms with Gasteiger partial charge in [0, 0.05) is 30.8 Å². The molecule has 0 aliphatic carbocycles. The number of para-hydroxylation sites is 1. The first-order valence-electron chi connectivity index (χ1n) is 11.1. The Kier molecular flexibility index (Phi) is 4.97. The molecule has 3 amide bonds. The molecule has 3 fully saturated rings. The van der Waals surface area contributed by atoms with Crippen LogP contribution in [0.15, 0.2) is 30.5 Å². The second-order valence-electron chi connectivity index (χ2n) is 8.96. The number of nitrogens with one attached hydrogen (secondary N) is 1. The lowest BCUT2D eigenvalue weighted by Gasteiger charge is -2.39. The van der Waals surface area contributed by atoms with E-state index in [0.29, 0.717) is 13.1 Å². The molecule has 8 nitrogen and oxygen atoms in total. The smallest absolute Gasteiger partial charge is 0.327 e. The summed E-state index contributed by atoms with van der Waals surface area (Å²) in [6, 6.07) is 7.62. The second kappa shape index (κ2) is 7.67. The fourth-order valence-corrected chi connectivity index (χ4v) is 5.50. The molecule has 2 aromatic rings. The number of rotatable bonds is 5. The molecule has 4 heterocycles. The number of likely N-dealkylation sites (tertiary alicyclic amines) is 1. The lowest BCUT2D eigenvalue weighted by Crippen LogP contribution is -2.43. The van der Waals surface area contributed by atoms with Crippen molar-refractivity contribution in [3.8, 4) is 17.0 Å². The van der Waals surface area contributed by atoms with E-state index in [1.807, 2.05) is 42.3 Å². The van der Waals surface area contributed by atoms with Crippen molar-refractivity contribution in [1.82, 2.24) is 24.9 Å². The summed E-state index contributed by atoms with van der Waals surface area (Å²) in [5.74, 6) is 0.819. The number of piperidine rings is 1. The maximum atomic E-state index is 12.6. The highest BCUT2D eigenvalue weighted by Crippen LogP contribution is 2.46. The van der Waals surface area contributed by atoms with Crippen molar-refractivity contribution in [3.63, 3.8) is 0 Å². The number of fused-ring (bicyclic) bond motifs is 1. The van der Waals surface area contributed by atoms with Gasteiger partial charge in [-0.25, -0.2) is 4.79 Å². The van der Waals surface area contributed by atoms with Crippen LogP contribution in [0.5, 0.6) is 5.75 Å². The zero-order valence-electron chi connectivity index (χ0n) is 18.1. The number of urea groups is 1. The van der Waals surface area contributed by atoms with Crippen molar-refractivity contribution in [2.24, 2.45) is 5.41 Å². The van der Waals surface area contributed by atoms with E-state index >= 15 is 0 Å². The van der Waals surface area contributed by atoms with Gasteiger partial charge in [-0.2, -0.15) is 5.10 Å². The largest absolute Gasteiger partial charge is 0.496 e. The van der Waals surface area contributed by atoms with Crippen LogP contribution in [0.4, 0.5) is 4.79 Å². The van der Waals surface area contributed by atoms with Gasteiger partial charge in [0.15, 0.2) is 0 Å². The lowest BCUT2D eigenvalue weighted by molar-refractivity contribution is -0.128. The lowest BCUT2D eigenvalue weighted by atomic mass is 9.76. The summed E-state index contributed by atoms with van der Waals surface area (Å²) in [4.78, 5) is 30.8. The molecule has 1 spiro atoms. The zero-order valence-corrected chi connectivity index (χ0v) is 18.1. The minimum atomic E-state index is -0.245. The van der Waals surface area contributed by atoms with Gasteiger partial charge in [0.1, 0.15) is 11.8 Å². The average molecular weight is 424 g/mol. The molecule has 31 heavy (non-hydrogen) atoms. The highest BCUT2D eigenvalue weighted by molar-refractivity contribution is 6.04. The van der Waals surface area contributed by atoms with Crippen LogP contribution in [0.25, 0.3) is 11.3 Å². The van der Waals surface area contributed by atoms with E-state index in [9.17, 15) is 9.59 Å². The van der Waals surface area contributed by atoms with E-state index in [2.05, 4.69) is 15.1 Å². The quantitative estimate of drug-likeness (QED) is 0.748. The SMILES string of the molecule is CCN1C(=O)C2CC3(CCN(Cc4cn[nH]c4-c4ccccc4OC)CC3)CN2C1=O. The topological polar surface area (TPSA) is 81.8 Å². The zero-order chi connectivity index (χ0) is 21.6. The van der Waals surface area contributed by atoms with Crippen LogP contribution in [-0.4, -0.2) is 76.2 Å². The van der Waals surface area contributed by atoms with Crippen LogP contribution in [-0.2, 0) is 11.3 Å². The molecule has 1 atom stereocenters. The normalized spacial score (nSPS) is 23.1. The van der Waals surface area contributed by atoms with Gasteiger partial charge in [-0.1, -0.05) is 12.1 Å². The van der Waals surface area contributed by atoms with Gasteiger partial charge in [0.25, 0.3) is 5.91 Å². The van der Waals surface area contributed by atoms with Gasteiger partial charge in [-0.3, -0.25) is 19.7 Å². The first kappa shape index (κ1) is 20.1. The summed E-state index contributed by atoms with van der Waals surface area (Å²) in [5, 5.41) is 7.43. The van der Waals surface area contributed by atoms with Gasteiger partial charge in [0.2, 0.25) is 0 Å². The van der Waals surface area contributed by atoms with Crippen LogP contribution in [0.3, 0.4) is 0 Å². The number of hydrogen-bond acceptors (Lipinski definition) is 5. The Labute approximate surface area is 182 Å². The van der Waals surface area contributed by atoms with Gasteiger partial charge in [-0.15, -0.1) is 0 Å². The highest BCUT2D eigenvalue weighted by Gasteiger charge is 2.55. The number of methoxy groups -OCH3 is 1. The number of H-pyrrole nitrogens is 1. The number of carbonyl (C=O) groups is 2. The Balaban J connectivity index is 1.25. The minimum Gasteiger partial charge on any atom is -0.496 e. The number of aromatic nitrogens is 2. The van der Waals surface area contributed by atoms with Gasteiger partial charge >= 0.3 is 6.03 Å². The van der Waals surface area contributed by atoms with E-state index in [0.717, 1.165) is 61.5 Å². The van der Waals surface area contributed by atoms with Crippen molar-refractivity contribution in [1.29, 1.82) is 0 Å². The van der Waals surface area contributed by atoms with Crippen molar-refractivity contribution in [2.75, 3.05) is 33.3 Å². The summed E-state index contributed by atoms with van der Waals surface area (Å²) >= 11 is 0. The second-order valence-corrected chi connectivity index (χ2v) is 8.96. The molecule has 1 unspecified atom stereocenters. The summed E-state index contributed by atoms with van der Waals surface area (Å²) < 4.78 is 5.52.